The lowest BCUT2D eigenvalue weighted by molar-refractivity contribution is 0.436. The predicted octanol–water partition coefficient (Wildman–Crippen LogP) is 3.05. The van der Waals surface area contributed by atoms with Gasteiger partial charge in [-0.1, -0.05) is 11.2 Å². The molecule has 4 nitrogen and oxygen atoms in total. The third-order valence-corrected chi connectivity index (χ3v) is 3.55. The lowest BCUT2D eigenvalue weighted by Gasteiger charge is -2.29. The maximum absolute atomic E-state index is 14.2. The minimum absolute atomic E-state index is 0.213. The van der Waals surface area contributed by atoms with Crippen LogP contribution in [-0.2, 0) is 0 Å². The summed E-state index contributed by atoms with van der Waals surface area (Å²) in [4.78, 5) is 2.10. The zero-order valence-corrected chi connectivity index (χ0v) is 10.6. The summed E-state index contributed by atoms with van der Waals surface area (Å²) in [5.74, 6) is -0.00915. The maximum atomic E-state index is 14.2. The molecule has 19 heavy (non-hydrogen) atoms. The number of hydrogen-bond donors (Lipinski definition) is 1. The quantitative estimate of drug-likeness (QED) is 0.902. The number of halogens is 1. The van der Waals surface area contributed by atoms with Gasteiger partial charge in [-0.25, -0.2) is 4.39 Å². The average molecular weight is 261 g/mol. The second-order valence-electron chi connectivity index (χ2n) is 4.82. The number of anilines is 2. The molecule has 0 aliphatic carbocycles. The van der Waals surface area contributed by atoms with Crippen molar-refractivity contribution in [3.63, 3.8) is 0 Å². The summed E-state index contributed by atoms with van der Waals surface area (Å²) in [6.07, 6.45) is 4.98. The molecule has 5 heteroatoms. The standard InChI is InChI=1S/C14H16FN3O/c15-12-8-10(11-9-17-19-14(11)16)4-5-13(12)18-6-2-1-3-7-18/h4-5,8-9H,1-3,6-7,16H2. The molecule has 100 valence electrons. The monoisotopic (exact) mass is 261 g/mol. The Kier molecular flexibility index (Phi) is 3.11. The molecular weight excluding hydrogens is 245 g/mol. The maximum Gasteiger partial charge on any atom is 0.229 e. The van der Waals surface area contributed by atoms with Crippen LogP contribution in [0.4, 0.5) is 16.0 Å². The van der Waals surface area contributed by atoms with Gasteiger partial charge in [-0.15, -0.1) is 0 Å². The molecule has 2 heterocycles. The van der Waals surface area contributed by atoms with E-state index in [1.54, 1.807) is 0 Å². The van der Waals surface area contributed by atoms with Crippen molar-refractivity contribution in [3.05, 3.63) is 30.2 Å². The van der Waals surface area contributed by atoms with E-state index in [1.807, 2.05) is 12.1 Å². The number of piperidine rings is 1. The third-order valence-electron chi connectivity index (χ3n) is 3.55. The Morgan fingerprint density at radius 3 is 2.63 bits per heavy atom. The lowest BCUT2D eigenvalue weighted by atomic mass is 10.1. The van der Waals surface area contributed by atoms with Gasteiger partial charge >= 0.3 is 0 Å². The van der Waals surface area contributed by atoms with Crippen LogP contribution in [0.1, 0.15) is 19.3 Å². The molecule has 2 N–H and O–H groups in total. The molecule has 0 spiro atoms. The number of benzene rings is 1. The summed E-state index contributed by atoms with van der Waals surface area (Å²) in [6, 6.07) is 5.16. The lowest BCUT2D eigenvalue weighted by Crippen LogP contribution is -2.30. The average Bonchev–Trinajstić information content (AvgIpc) is 2.86. The molecule has 0 amide bonds. The van der Waals surface area contributed by atoms with Gasteiger partial charge in [-0.05, 0) is 37.0 Å². The van der Waals surface area contributed by atoms with Gasteiger partial charge in [-0.3, -0.25) is 0 Å². The molecule has 1 aromatic heterocycles. The van der Waals surface area contributed by atoms with Crippen LogP contribution in [0, 0.1) is 5.82 Å². The Balaban J connectivity index is 1.91. The van der Waals surface area contributed by atoms with Crippen LogP contribution in [0.3, 0.4) is 0 Å². The van der Waals surface area contributed by atoms with E-state index in [-0.39, 0.29) is 11.7 Å². The van der Waals surface area contributed by atoms with E-state index in [0.717, 1.165) is 25.9 Å². The van der Waals surface area contributed by atoms with Gasteiger partial charge in [0.25, 0.3) is 0 Å². The fourth-order valence-electron chi connectivity index (χ4n) is 2.53. The van der Waals surface area contributed by atoms with E-state index in [4.69, 9.17) is 10.3 Å². The number of nitrogens with two attached hydrogens (primary N) is 1. The number of nitrogens with zero attached hydrogens (tertiary/aromatic N) is 2. The zero-order chi connectivity index (χ0) is 13.2. The van der Waals surface area contributed by atoms with Crippen molar-refractivity contribution < 1.29 is 8.91 Å². The smallest absolute Gasteiger partial charge is 0.229 e. The highest BCUT2D eigenvalue weighted by atomic mass is 19.1. The number of nitrogen functional groups attached to an aromatic ring is 1. The summed E-state index contributed by atoms with van der Waals surface area (Å²) in [5, 5.41) is 3.61. The van der Waals surface area contributed by atoms with Crippen molar-refractivity contribution >= 4 is 11.6 Å². The van der Waals surface area contributed by atoms with Crippen molar-refractivity contribution in [2.75, 3.05) is 23.7 Å². The molecule has 2 aromatic rings. The molecule has 1 saturated heterocycles. The van der Waals surface area contributed by atoms with Crippen molar-refractivity contribution in [1.82, 2.24) is 5.16 Å². The molecule has 0 bridgehead atoms. The number of hydrogen-bond acceptors (Lipinski definition) is 4. The van der Waals surface area contributed by atoms with Gasteiger partial charge in [-0.2, -0.15) is 0 Å². The van der Waals surface area contributed by atoms with Crippen LogP contribution < -0.4 is 10.6 Å². The summed E-state index contributed by atoms with van der Waals surface area (Å²) in [7, 11) is 0. The van der Waals surface area contributed by atoms with E-state index in [9.17, 15) is 4.39 Å². The molecular formula is C14H16FN3O. The molecule has 0 radical (unpaired) electrons. The summed E-state index contributed by atoms with van der Waals surface area (Å²) < 4.78 is 19.0. The minimum atomic E-state index is -0.222. The second-order valence-corrected chi connectivity index (χ2v) is 4.82. The SMILES string of the molecule is Nc1oncc1-c1ccc(N2CCCCC2)c(F)c1. The van der Waals surface area contributed by atoms with Crippen LogP contribution in [0.25, 0.3) is 11.1 Å². The van der Waals surface area contributed by atoms with Crippen molar-refractivity contribution in [2.45, 2.75) is 19.3 Å². The van der Waals surface area contributed by atoms with E-state index < -0.39 is 0 Å². The zero-order valence-electron chi connectivity index (χ0n) is 10.6. The molecule has 0 unspecified atom stereocenters. The van der Waals surface area contributed by atoms with E-state index in [0.29, 0.717) is 16.8 Å². The largest absolute Gasteiger partial charge is 0.369 e. The van der Waals surface area contributed by atoms with E-state index in [2.05, 4.69) is 10.1 Å². The van der Waals surface area contributed by atoms with E-state index in [1.165, 1.54) is 18.7 Å². The summed E-state index contributed by atoms with van der Waals surface area (Å²) in [6.45, 7) is 1.84. The highest BCUT2D eigenvalue weighted by molar-refractivity contribution is 5.73. The molecule has 1 aliphatic rings. The molecule has 1 aromatic carbocycles. The first kappa shape index (κ1) is 12.0. The van der Waals surface area contributed by atoms with Crippen molar-refractivity contribution in [2.24, 2.45) is 0 Å². The Bertz CT molecular complexity index is 576. The van der Waals surface area contributed by atoms with Crippen LogP contribution >= 0.6 is 0 Å². The molecule has 0 saturated carbocycles. The fraction of sp³-hybridized carbons (Fsp3) is 0.357. The van der Waals surface area contributed by atoms with Gasteiger partial charge in [0.15, 0.2) is 0 Å². The first-order chi connectivity index (χ1) is 9.25. The second kappa shape index (κ2) is 4.91. The number of aromatic nitrogens is 1. The first-order valence-electron chi connectivity index (χ1n) is 6.51. The van der Waals surface area contributed by atoms with Crippen LogP contribution in [-0.4, -0.2) is 18.2 Å². The normalized spacial score (nSPS) is 15.7. The molecule has 0 atom stereocenters. The predicted molar refractivity (Wildman–Crippen MR) is 72.4 cm³/mol. The van der Waals surface area contributed by atoms with Crippen LogP contribution in [0.2, 0.25) is 0 Å². The summed E-state index contributed by atoms with van der Waals surface area (Å²) in [5.41, 5.74) is 7.63. The highest BCUT2D eigenvalue weighted by Gasteiger charge is 2.16. The topological polar surface area (TPSA) is 55.3 Å². The number of rotatable bonds is 2. The van der Waals surface area contributed by atoms with Gasteiger partial charge in [0.1, 0.15) is 5.82 Å². The van der Waals surface area contributed by atoms with Gasteiger partial charge in [0.05, 0.1) is 17.4 Å². The first-order valence-corrected chi connectivity index (χ1v) is 6.51. The van der Waals surface area contributed by atoms with Crippen molar-refractivity contribution in [3.8, 4) is 11.1 Å². The molecule has 3 rings (SSSR count). The minimum Gasteiger partial charge on any atom is -0.369 e. The third kappa shape index (κ3) is 2.28. The van der Waals surface area contributed by atoms with Crippen LogP contribution in [0.5, 0.6) is 0 Å². The Morgan fingerprint density at radius 1 is 1.21 bits per heavy atom. The van der Waals surface area contributed by atoms with Gasteiger partial charge in [0.2, 0.25) is 5.88 Å². The Morgan fingerprint density at radius 2 is 2.00 bits per heavy atom. The Hall–Kier alpha value is -2.04. The highest BCUT2D eigenvalue weighted by Crippen LogP contribution is 2.30. The van der Waals surface area contributed by atoms with Crippen LogP contribution in [0.15, 0.2) is 28.9 Å². The van der Waals surface area contributed by atoms with Crippen molar-refractivity contribution in [1.29, 1.82) is 0 Å². The molecule has 1 aliphatic heterocycles. The van der Waals surface area contributed by atoms with Gasteiger partial charge in [0, 0.05) is 13.1 Å². The Labute approximate surface area is 111 Å². The fourth-order valence-corrected chi connectivity index (χ4v) is 2.53. The van der Waals surface area contributed by atoms with Gasteiger partial charge < -0.3 is 15.2 Å². The van der Waals surface area contributed by atoms with E-state index >= 15 is 0 Å². The summed E-state index contributed by atoms with van der Waals surface area (Å²) >= 11 is 0. The molecule has 1 fully saturated rings.